The summed E-state index contributed by atoms with van der Waals surface area (Å²) < 4.78 is 0. The van der Waals surface area contributed by atoms with Crippen molar-refractivity contribution in [3.63, 3.8) is 0 Å². The first-order valence-electron chi connectivity index (χ1n) is 3.80. The van der Waals surface area contributed by atoms with E-state index in [9.17, 15) is 9.90 Å². The third-order valence-corrected chi connectivity index (χ3v) is 2.51. The van der Waals surface area contributed by atoms with E-state index < -0.39 is 12.1 Å². The van der Waals surface area contributed by atoms with E-state index in [2.05, 4.69) is 0 Å². The Morgan fingerprint density at radius 3 is 2.50 bits per heavy atom. The van der Waals surface area contributed by atoms with Crippen molar-refractivity contribution in [2.45, 2.75) is 13.0 Å². The molecule has 0 spiro atoms. The summed E-state index contributed by atoms with van der Waals surface area (Å²) in [4.78, 5) is 10.5. The molecule has 0 unspecified atom stereocenters. The molecule has 1 atom stereocenters. The molecule has 0 aliphatic rings. The minimum Gasteiger partial charge on any atom is -0.479 e. The molecule has 1 aromatic carbocycles. The molecular weight excluding hydrogens is 227 g/mol. The lowest BCUT2D eigenvalue weighted by molar-refractivity contribution is -0.146. The van der Waals surface area contributed by atoms with Crippen LogP contribution in [0.2, 0.25) is 10.0 Å². The lowest BCUT2D eigenvalue weighted by Gasteiger charge is -2.10. The average Bonchev–Trinajstić information content (AvgIpc) is 2.09. The number of aliphatic hydroxyl groups excluding tert-OH is 1. The third-order valence-electron chi connectivity index (χ3n) is 1.78. The Hall–Kier alpha value is -0.770. The van der Waals surface area contributed by atoms with E-state index in [1.807, 2.05) is 0 Å². The fourth-order valence-electron chi connectivity index (χ4n) is 1.08. The first-order chi connectivity index (χ1) is 6.43. The number of rotatable bonds is 2. The summed E-state index contributed by atoms with van der Waals surface area (Å²) in [6.07, 6.45) is -1.64. The second-order valence-corrected chi connectivity index (χ2v) is 3.68. The highest BCUT2D eigenvalue weighted by Crippen LogP contribution is 2.29. The number of benzene rings is 1. The Balaban J connectivity index is 3.26. The van der Waals surface area contributed by atoms with Gasteiger partial charge < -0.3 is 10.2 Å². The van der Waals surface area contributed by atoms with Crippen LogP contribution in [0.15, 0.2) is 12.1 Å². The number of aliphatic hydroxyl groups is 1. The van der Waals surface area contributed by atoms with E-state index in [4.69, 9.17) is 28.3 Å². The van der Waals surface area contributed by atoms with E-state index in [-0.39, 0.29) is 10.6 Å². The molecule has 0 radical (unpaired) electrons. The van der Waals surface area contributed by atoms with E-state index in [0.29, 0.717) is 10.6 Å². The molecule has 76 valence electrons. The third kappa shape index (κ3) is 2.18. The van der Waals surface area contributed by atoms with Gasteiger partial charge in [-0.1, -0.05) is 23.2 Å². The van der Waals surface area contributed by atoms with Crippen molar-refractivity contribution in [1.29, 1.82) is 0 Å². The maximum Gasteiger partial charge on any atom is 0.337 e. The number of carboxylic acids is 1. The minimum absolute atomic E-state index is 0.115. The van der Waals surface area contributed by atoms with Crippen LogP contribution in [0.1, 0.15) is 17.2 Å². The molecule has 0 heterocycles. The predicted molar refractivity (Wildman–Crippen MR) is 53.8 cm³/mol. The standard InChI is InChI=1S/C9H8Cl2O3/c1-4-2-5(10)3-6(7(4)11)8(12)9(13)14/h2-3,8,12H,1H3,(H,13,14)/t8-/m0/s1. The lowest BCUT2D eigenvalue weighted by atomic mass is 10.1. The molecule has 0 aromatic heterocycles. The largest absolute Gasteiger partial charge is 0.479 e. The van der Waals surface area contributed by atoms with Gasteiger partial charge in [0.25, 0.3) is 0 Å². The Bertz CT molecular complexity index is 377. The van der Waals surface area contributed by atoms with Crippen LogP contribution in [0.5, 0.6) is 0 Å². The van der Waals surface area contributed by atoms with Gasteiger partial charge in [0.1, 0.15) is 0 Å². The number of carboxylic acid groups (broad SMARTS) is 1. The van der Waals surface area contributed by atoms with Gasteiger partial charge in [-0.25, -0.2) is 4.79 Å². The van der Waals surface area contributed by atoms with Crippen molar-refractivity contribution in [2.24, 2.45) is 0 Å². The highest BCUT2D eigenvalue weighted by atomic mass is 35.5. The monoisotopic (exact) mass is 234 g/mol. The van der Waals surface area contributed by atoms with Gasteiger partial charge >= 0.3 is 5.97 Å². The fraction of sp³-hybridized carbons (Fsp3) is 0.222. The summed E-state index contributed by atoms with van der Waals surface area (Å²) in [5, 5.41) is 18.5. The first kappa shape index (κ1) is 11.3. The van der Waals surface area contributed by atoms with Gasteiger partial charge in [0, 0.05) is 15.6 Å². The Kier molecular flexibility index (Phi) is 3.37. The smallest absolute Gasteiger partial charge is 0.337 e. The van der Waals surface area contributed by atoms with Gasteiger partial charge in [0.2, 0.25) is 0 Å². The molecule has 0 saturated carbocycles. The molecule has 0 amide bonds. The summed E-state index contributed by atoms with van der Waals surface area (Å²) in [5.74, 6) is -1.35. The van der Waals surface area contributed by atoms with Gasteiger partial charge in [-0.05, 0) is 24.6 Å². The number of carbonyl (C=O) groups is 1. The van der Waals surface area contributed by atoms with Crippen LogP contribution in [0.4, 0.5) is 0 Å². The number of aliphatic carboxylic acids is 1. The van der Waals surface area contributed by atoms with Gasteiger partial charge in [-0.3, -0.25) is 0 Å². The topological polar surface area (TPSA) is 57.5 Å². The van der Waals surface area contributed by atoms with Gasteiger partial charge in [-0.15, -0.1) is 0 Å². The van der Waals surface area contributed by atoms with Crippen LogP contribution in [-0.2, 0) is 4.79 Å². The zero-order valence-corrected chi connectivity index (χ0v) is 8.80. The molecular formula is C9H8Cl2O3. The lowest BCUT2D eigenvalue weighted by Crippen LogP contribution is -2.11. The SMILES string of the molecule is Cc1cc(Cl)cc([C@H](O)C(=O)O)c1Cl. The molecule has 2 N–H and O–H groups in total. The molecule has 0 aliphatic carbocycles. The van der Waals surface area contributed by atoms with Crippen LogP contribution in [0, 0.1) is 6.92 Å². The molecule has 1 aromatic rings. The van der Waals surface area contributed by atoms with Crippen molar-refractivity contribution in [2.75, 3.05) is 0 Å². The summed E-state index contributed by atoms with van der Waals surface area (Å²) in [7, 11) is 0. The van der Waals surface area contributed by atoms with Crippen molar-refractivity contribution in [3.8, 4) is 0 Å². The van der Waals surface area contributed by atoms with Gasteiger partial charge in [0.05, 0.1) is 0 Å². The van der Waals surface area contributed by atoms with E-state index in [0.717, 1.165) is 0 Å². The molecule has 0 aliphatic heterocycles. The predicted octanol–water partition coefficient (Wildman–Crippen LogP) is 2.42. The van der Waals surface area contributed by atoms with Crippen LogP contribution in [0.25, 0.3) is 0 Å². The molecule has 5 heteroatoms. The Morgan fingerprint density at radius 2 is 2.00 bits per heavy atom. The number of hydrogen-bond donors (Lipinski definition) is 2. The van der Waals surface area contributed by atoms with E-state index in [1.165, 1.54) is 6.07 Å². The zero-order valence-electron chi connectivity index (χ0n) is 7.29. The first-order valence-corrected chi connectivity index (χ1v) is 4.55. The van der Waals surface area contributed by atoms with Crippen molar-refractivity contribution >= 4 is 29.2 Å². The molecule has 14 heavy (non-hydrogen) atoms. The Labute approximate surface area is 90.9 Å². The minimum atomic E-state index is -1.64. The molecule has 0 bridgehead atoms. The van der Waals surface area contributed by atoms with Crippen molar-refractivity contribution < 1.29 is 15.0 Å². The normalized spacial score (nSPS) is 12.6. The summed E-state index contributed by atoms with van der Waals surface area (Å²) in [6.45, 7) is 1.69. The molecule has 3 nitrogen and oxygen atoms in total. The van der Waals surface area contributed by atoms with Crippen LogP contribution in [0.3, 0.4) is 0 Å². The summed E-state index contributed by atoms with van der Waals surface area (Å²) in [5.41, 5.74) is 0.749. The number of aryl methyl sites for hydroxylation is 1. The molecule has 0 fully saturated rings. The number of hydrogen-bond acceptors (Lipinski definition) is 2. The Morgan fingerprint density at radius 1 is 1.43 bits per heavy atom. The highest BCUT2D eigenvalue weighted by molar-refractivity contribution is 6.34. The van der Waals surface area contributed by atoms with Crippen LogP contribution < -0.4 is 0 Å². The number of halogens is 2. The summed E-state index contributed by atoms with van der Waals surface area (Å²) in [6, 6.07) is 2.94. The second-order valence-electron chi connectivity index (χ2n) is 2.87. The molecule has 1 rings (SSSR count). The average molecular weight is 235 g/mol. The van der Waals surface area contributed by atoms with Gasteiger partial charge in [-0.2, -0.15) is 0 Å². The van der Waals surface area contributed by atoms with E-state index >= 15 is 0 Å². The van der Waals surface area contributed by atoms with Crippen molar-refractivity contribution in [3.05, 3.63) is 33.3 Å². The maximum atomic E-state index is 10.5. The maximum absolute atomic E-state index is 10.5. The fourth-order valence-corrected chi connectivity index (χ4v) is 1.58. The second kappa shape index (κ2) is 4.17. The van der Waals surface area contributed by atoms with E-state index in [1.54, 1.807) is 13.0 Å². The van der Waals surface area contributed by atoms with Gasteiger partial charge in [0.15, 0.2) is 6.10 Å². The zero-order chi connectivity index (χ0) is 10.9. The van der Waals surface area contributed by atoms with Crippen LogP contribution in [-0.4, -0.2) is 16.2 Å². The van der Waals surface area contributed by atoms with Crippen molar-refractivity contribution in [1.82, 2.24) is 0 Å². The molecule has 0 saturated heterocycles. The quantitative estimate of drug-likeness (QED) is 0.827. The highest BCUT2D eigenvalue weighted by Gasteiger charge is 2.20. The summed E-state index contributed by atoms with van der Waals surface area (Å²) >= 11 is 11.5. The van der Waals surface area contributed by atoms with Crippen LogP contribution >= 0.6 is 23.2 Å².